The molecule has 0 bridgehead atoms. The van der Waals surface area contributed by atoms with E-state index in [4.69, 9.17) is 4.42 Å². The van der Waals surface area contributed by atoms with Gasteiger partial charge in [-0.1, -0.05) is 25.0 Å². The van der Waals surface area contributed by atoms with E-state index >= 15 is 0 Å². The number of rotatable bonds is 3. The Morgan fingerprint density at radius 2 is 2.08 bits per heavy atom. The van der Waals surface area contributed by atoms with Gasteiger partial charge in [-0.3, -0.25) is 4.79 Å². The van der Waals surface area contributed by atoms with Gasteiger partial charge in [0.25, 0.3) is 0 Å². The molecule has 2 aliphatic rings. The minimum atomic E-state index is -0.776. The third-order valence-corrected chi connectivity index (χ3v) is 5.45. The van der Waals surface area contributed by atoms with E-state index in [1.165, 1.54) is 0 Å². The number of hydrogen-bond donors (Lipinski definition) is 1. The predicted octanol–water partition coefficient (Wildman–Crippen LogP) is 3.23. The molecule has 24 heavy (non-hydrogen) atoms. The van der Waals surface area contributed by atoms with E-state index in [-0.39, 0.29) is 18.2 Å². The van der Waals surface area contributed by atoms with Crippen molar-refractivity contribution >= 4 is 17.0 Å². The Hall–Kier alpha value is -1.88. The number of amides is 1. The summed E-state index contributed by atoms with van der Waals surface area (Å²) in [5.74, 6) is 0.946. The van der Waals surface area contributed by atoms with Gasteiger partial charge in [0.2, 0.25) is 5.91 Å². The predicted molar refractivity (Wildman–Crippen MR) is 90.6 cm³/mol. The molecule has 128 valence electrons. The van der Waals surface area contributed by atoms with Gasteiger partial charge in [0.1, 0.15) is 5.52 Å². The highest BCUT2D eigenvalue weighted by atomic mass is 16.3. The summed E-state index contributed by atoms with van der Waals surface area (Å²) < 4.78 is 5.89. The van der Waals surface area contributed by atoms with Crippen LogP contribution in [0.3, 0.4) is 0 Å². The van der Waals surface area contributed by atoms with Crippen molar-refractivity contribution in [3.8, 4) is 0 Å². The van der Waals surface area contributed by atoms with Crippen LogP contribution in [0.25, 0.3) is 11.1 Å². The topological polar surface area (TPSA) is 66.6 Å². The fourth-order valence-corrected chi connectivity index (χ4v) is 4.07. The molecule has 1 aromatic heterocycles. The van der Waals surface area contributed by atoms with Crippen LogP contribution in [0.1, 0.15) is 56.8 Å². The number of piperidine rings is 1. The van der Waals surface area contributed by atoms with Crippen LogP contribution in [0, 0.1) is 0 Å². The van der Waals surface area contributed by atoms with E-state index in [1.54, 1.807) is 0 Å². The van der Waals surface area contributed by atoms with E-state index in [0.29, 0.717) is 6.54 Å². The molecule has 5 heteroatoms. The van der Waals surface area contributed by atoms with Crippen molar-refractivity contribution in [1.29, 1.82) is 0 Å². The van der Waals surface area contributed by atoms with E-state index < -0.39 is 5.60 Å². The lowest BCUT2D eigenvalue weighted by Gasteiger charge is -2.33. The van der Waals surface area contributed by atoms with E-state index in [1.807, 2.05) is 29.2 Å². The molecule has 1 saturated carbocycles. The van der Waals surface area contributed by atoms with Crippen LogP contribution in [-0.4, -0.2) is 39.6 Å². The van der Waals surface area contributed by atoms with E-state index in [0.717, 1.165) is 62.1 Å². The first-order chi connectivity index (χ1) is 11.6. The van der Waals surface area contributed by atoms with Crippen LogP contribution >= 0.6 is 0 Å². The van der Waals surface area contributed by atoms with E-state index in [2.05, 4.69) is 4.98 Å². The van der Waals surface area contributed by atoms with Crippen LogP contribution in [0.2, 0.25) is 0 Å². The van der Waals surface area contributed by atoms with Gasteiger partial charge >= 0.3 is 0 Å². The fraction of sp³-hybridized carbons (Fsp3) is 0.579. The highest BCUT2D eigenvalue weighted by molar-refractivity contribution is 5.77. The van der Waals surface area contributed by atoms with Gasteiger partial charge in [-0.15, -0.1) is 0 Å². The Balaban J connectivity index is 1.46. The highest BCUT2D eigenvalue weighted by Gasteiger charge is 2.36. The summed E-state index contributed by atoms with van der Waals surface area (Å²) in [6.07, 6.45) is 5.74. The number of carbonyl (C=O) groups is 1. The van der Waals surface area contributed by atoms with Crippen molar-refractivity contribution in [2.75, 3.05) is 13.1 Å². The molecule has 2 fully saturated rings. The average molecular weight is 328 g/mol. The highest BCUT2D eigenvalue weighted by Crippen LogP contribution is 2.34. The third kappa shape index (κ3) is 3.05. The summed E-state index contributed by atoms with van der Waals surface area (Å²) in [6, 6.07) is 7.76. The number of para-hydroxylation sites is 2. The maximum absolute atomic E-state index is 12.6. The van der Waals surface area contributed by atoms with Crippen molar-refractivity contribution in [1.82, 2.24) is 9.88 Å². The second-order valence-electron chi connectivity index (χ2n) is 7.31. The van der Waals surface area contributed by atoms with Gasteiger partial charge in [0.15, 0.2) is 11.5 Å². The van der Waals surface area contributed by atoms with Crippen LogP contribution < -0.4 is 0 Å². The van der Waals surface area contributed by atoms with Crippen LogP contribution in [0.15, 0.2) is 28.7 Å². The maximum atomic E-state index is 12.6. The molecule has 2 heterocycles. The normalized spacial score (nSPS) is 23.7. The minimum absolute atomic E-state index is 0.0696. The summed E-state index contributed by atoms with van der Waals surface area (Å²) in [5.41, 5.74) is 0.897. The number of aliphatic hydroxyl groups is 1. The molecule has 1 saturated heterocycles. The zero-order chi connectivity index (χ0) is 16.6. The lowest BCUT2D eigenvalue weighted by Crippen LogP contribution is -2.42. The first-order valence-electron chi connectivity index (χ1n) is 8.99. The zero-order valence-corrected chi connectivity index (χ0v) is 13.9. The Morgan fingerprint density at radius 3 is 2.88 bits per heavy atom. The van der Waals surface area contributed by atoms with Gasteiger partial charge in [0, 0.05) is 13.1 Å². The quantitative estimate of drug-likeness (QED) is 0.939. The first-order valence-corrected chi connectivity index (χ1v) is 8.99. The number of aromatic nitrogens is 1. The van der Waals surface area contributed by atoms with Crippen LogP contribution in [-0.2, 0) is 4.79 Å². The monoisotopic (exact) mass is 328 g/mol. The molecule has 1 aliphatic carbocycles. The largest absolute Gasteiger partial charge is 0.440 e. The summed E-state index contributed by atoms with van der Waals surface area (Å²) in [6.45, 7) is 1.41. The van der Waals surface area contributed by atoms with Gasteiger partial charge < -0.3 is 14.4 Å². The molecule has 2 aromatic rings. The van der Waals surface area contributed by atoms with Gasteiger partial charge in [-0.05, 0) is 37.8 Å². The number of carbonyl (C=O) groups excluding carboxylic acids is 1. The molecular formula is C19H24N2O3. The summed E-state index contributed by atoms with van der Waals surface area (Å²) in [5, 5.41) is 10.5. The van der Waals surface area contributed by atoms with Crippen molar-refractivity contribution in [2.45, 2.75) is 56.5 Å². The number of likely N-dealkylation sites (tertiary alicyclic amines) is 1. The molecule has 5 nitrogen and oxygen atoms in total. The van der Waals surface area contributed by atoms with Crippen LogP contribution in [0.5, 0.6) is 0 Å². The molecule has 1 aromatic carbocycles. The Labute approximate surface area is 141 Å². The number of nitrogens with zero attached hydrogens (tertiary/aromatic N) is 2. The Kier molecular flexibility index (Phi) is 4.04. The molecule has 1 aliphatic heterocycles. The Morgan fingerprint density at radius 1 is 1.29 bits per heavy atom. The average Bonchev–Trinajstić information content (AvgIpc) is 3.21. The number of benzene rings is 1. The molecular weight excluding hydrogens is 304 g/mol. The van der Waals surface area contributed by atoms with Gasteiger partial charge in [-0.25, -0.2) is 4.98 Å². The molecule has 1 atom stereocenters. The standard InChI is InChI=1S/C19H24N2O3/c22-17(12-19(23)9-3-4-10-19)21-11-5-6-14(13-21)18-20-15-7-1-2-8-16(15)24-18/h1-2,7-8,14,23H,3-6,9-13H2. The molecule has 1 amide bonds. The van der Waals surface area contributed by atoms with Gasteiger partial charge in [-0.2, -0.15) is 0 Å². The SMILES string of the molecule is O=C(CC1(O)CCCC1)N1CCCC(c2nc3ccccc3o2)C1. The maximum Gasteiger partial charge on any atom is 0.225 e. The first kappa shape index (κ1) is 15.6. The van der Waals surface area contributed by atoms with Crippen molar-refractivity contribution in [2.24, 2.45) is 0 Å². The molecule has 1 unspecified atom stereocenters. The lowest BCUT2D eigenvalue weighted by molar-refractivity contribution is -0.137. The molecule has 0 spiro atoms. The summed E-state index contributed by atoms with van der Waals surface area (Å²) >= 11 is 0. The number of hydrogen-bond acceptors (Lipinski definition) is 4. The third-order valence-electron chi connectivity index (χ3n) is 5.45. The zero-order valence-electron chi connectivity index (χ0n) is 13.9. The lowest BCUT2D eigenvalue weighted by atomic mass is 9.94. The second-order valence-corrected chi connectivity index (χ2v) is 7.31. The van der Waals surface area contributed by atoms with Crippen molar-refractivity contribution in [3.63, 3.8) is 0 Å². The second kappa shape index (κ2) is 6.20. The minimum Gasteiger partial charge on any atom is -0.440 e. The van der Waals surface area contributed by atoms with Crippen molar-refractivity contribution < 1.29 is 14.3 Å². The van der Waals surface area contributed by atoms with Gasteiger partial charge in [0.05, 0.1) is 17.9 Å². The smallest absolute Gasteiger partial charge is 0.225 e. The summed E-state index contributed by atoms with van der Waals surface area (Å²) in [4.78, 5) is 19.1. The Bertz CT molecular complexity index is 700. The van der Waals surface area contributed by atoms with Crippen molar-refractivity contribution in [3.05, 3.63) is 30.2 Å². The summed E-state index contributed by atoms with van der Waals surface area (Å²) in [7, 11) is 0. The molecule has 1 N–H and O–H groups in total. The number of fused-ring (bicyclic) bond motifs is 1. The fourth-order valence-electron chi connectivity index (χ4n) is 4.07. The number of oxazole rings is 1. The molecule has 0 radical (unpaired) electrons. The molecule has 4 rings (SSSR count). The van der Waals surface area contributed by atoms with E-state index in [9.17, 15) is 9.90 Å². The van der Waals surface area contributed by atoms with Crippen LogP contribution in [0.4, 0.5) is 0 Å².